The number of hydrogen-bond acceptors (Lipinski definition) is 2. The largest absolute Gasteiger partial charge is 0.484 e. The Labute approximate surface area is 141 Å². The molecule has 0 radical (unpaired) electrons. The van der Waals surface area contributed by atoms with Crippen LogP contribution in [0.4, 0.5) is 0 Å². The van der Waals surface area contributed by atoms with Crippen LogP contribution >= 0.6 is 0 Å². The van der Waals surface area contributed by atoms with Crippen LogP contribution in [-0.2, 0) is 11.2 Å². The van der Waals surface area contributed by atoms with Gasteiger partial charge < -0.3 is 15.0 Å². The van der Waals surface area contributed by atoms with Crippen LogP contribution in [0.25, 0.3) is 10.9 Å². The summed E-state index contributed by atoms with van der Waals surface area (Å²) in [6.07, 6.45) is 0.798. The highest BCUT2D eigenvalue weighted by Gasteiger charge is 2.08. The van der Waals surface area contributed by atoms with E-state index in [0.717, 1.165) is 17.6 Å². The normalized spacial score (nSPS) is 10.8. The summed E-state index contributed by atoms with van der Waals surface area (Å²) < 4.78 is 5.49. The average Bonchev–Trinajstić information content (AvgIpc) is 2.90. The van der Waals surface area contributed by atoms with Gasteiger partial charge in [0.2, 0.25) is 0 Å². The number of amides is 1. The zero-order valence-corrected chi connectivity index (χ0v) is 14.1. The van der Waals surface area contributed by atoms with Crippen molar-refractivity contribution in [2.24, 2.45) is 0 Å². The monoisotopic (exact) mass is 322 g/mol. The molecular weight excluding hydrogens is 300 g/mol. The Morgan fingerprint density at radius 1 is 1.08 bits per heavy atom. The Balaban J connectivity index is 1.49. The Morgan fingerprint density at radius 3 is 2.62 bits per heavy atom. The first kappa shape index (κ1) is 16.1. The number of carbonyl (C=O) groups excluding carboxylic acids is 1. The number of fused-ring (bicyclic) bond motifs is 1. The number of hydrogen-bond donors (Lipinski definition) is 2. The predicted molar refractivity (Wildman–Crippen MR) is 96.4 cm³/mol. The predicted octanol–water partition coefficient (Wildman–Crippen LogP) is 3.52. The first-order valence-electron chi connectivity index (χ1n) is 8.16. The summed E-state index contributed by atoms with van der Waals surface area (Å²) in [5.74, 6) is 0.608. The third-order valence-corrected chi connectivity index (χ3v) is 4.12. The summed E-state index contributed by atoms with van der Waals surface area (Å²) >= 11 is 0. The van der Waals surface area contributed by atoms with E-state index < -0.39 is 0 Å². The van der Waals surface area contributed by atoms with E-state index in [2.05, 4.69) is 29.4 Å². The van der Waals surface area contributed by atoms with Crippen molar-refractivity contribution >= 4 is 16.8 Å². The molecule has 0 spiro atoms. The minimum Gasteiger partial charge on any atom is -0.484 e. The number of aromatic nitrogens is 1. The van der Waals surface area contributed by atoms with E-state index >= 15 is 0 Å². The van der Waals surface area contributed by atoms with Crippen molar-refractivity contribution in [3.63, 3.8) is 0 Å². The minimum absolute atomic E-state index is 0.0376. The molecule has 4 heteroatoms. The Hall–Kier alpha value is -2.75. The molecule has 0 bridgehead atoms. The topological polar surface area (TPSA) is 54.1 Å². The van der Waals surface area contributed by atoms with Gasteiger partial charge in [-0.3, -0.25) is 4.79 Å². The lowest BCUT2D eigenvalue weighted by atomic mass is 10.1. The highest BCUT2D eigenvalue weighted by atomic mass is 16.5. The molecule has 3 rings (SSSR count). The first-order chi connectivity index (χ1) is 11.6. The van der Waals surface area contributed by atoms with Crippen LogP contribution in [0.3, 0.4) is 0 Å². The summed E-state index contributed by atoms with van der Waals surface area (Å²) in [7, 11) is 0. The minimum atomic E-state index is -0.104. The summed E-state index contributed by atoms with van der Waals surface area (Å²) in [6.45, 7) is 4.72. The van der Waals surface area contributed by atoms with Crippen LogP contribution < -0.4 is 10.1 Å². The maximum atomic E-state index is 11.9. The summed E-state index contributed by atoms with van der Waals surface area (Å²) in [4.78, 5) is 15.3. The van der Waals surface area contributed by atoms with Gasteiger partial charge in [0.1, 0.15) is 5.75 Å². The van der Waals surface area contributed by atoms with E-state index in [1.54, 1.807) is 0 Å². The third-order valence-electron chi connectivity index (χ3n) is 4.12. The number of aryl methyl sites for hydroxylation is 2. The molecule has 0 atom stereocenters. The molecule has 0 aliphatic carbocycles. The van der Waals surface area contributed by atoms with Crippen LogP contribution in [-0.4, -0.2) is 24.0 Å². The average molecular weight is 322 g/mol. The van der Waals surface area contributed by atoms with Gasteiger partial charge in [0.15, 0.2) is 6.61 Å². The quantitative estimate of drug-likeness (QED) is 0.729. The molecule has 0 aliphatic heterocycles. The number of benzene rings is 2. The number of para-hydroxylation sites is 1. The molecule has 124 valence electrons. The SMILES string of the molecule is Cc1ccc(OCC(=O)NCCc2c(C)[nH]c3ccccc23)cc1. The second kappa shape index (κ2) is 7.21. The fourth-order valence-corrected chi connectivity index (χ4v) is 2.82. The van der Waals surface area contributed by atoms with E-state index in [9.17, 15) is 4.79 Å². The molecule has 1 amide bonds. The van der Waals surface area contributed by atoms with E-state index in [1.807, 2.05) is 43.3 Å². The van der Waals surface area contributed by atoms with Crippen molar-refractivity contribution in [1.29, 1.82) is 0 Å². The van der Waals surface area contributed by atoms with Gasteiger partial charge in [-0.1, -0.05) is 35.9 Å². The lowest BCUT2D eigenvalue weighted by Crippen LogP contribution is -2.30. The molecule has 0 saturated heterocycles. The number of rotatable bonds is 6. The van der Waals surface area contributed by atoms with Crippen molar-refractivity contribution in [2.45, 2.75) is 20.3 Å². The molecule has 2 aromatic carbocycles. The van der Waals surface area contributed by atoms with Gasteiger partial charge in [-0.25, -0.2) is 0 Å². The molecule has 3 aromatic rings. The highest BCUT2D eigenvalue weighted by molar-refractivity contribution is 5.84. The van der Waals surface area contributed by atoms with E-state index in [-0.39, 0.29) is 12.5 Å². The Kier molecular flexibility index (Phi) is 4.85. The molecule has 2 N–H and O–H groups in total. The summed E-state index contributed by atoms with van der Waals surface area (Å²) in [5, 5.41) is 4.14. The number of H-pyrrole nitrogens is 1. The van der Waals surface area contributed by atoms with Crippen molar-refractivity contribution in [1.82, 2.24) is 10.3 Å². The standard InChI is InChI=1S/C20H22N2O2/c1-14-7-9-16(10-8-14)24-13-20(23)21-12-11-17-15(2)22-19-6-4-3-5-18(17)19/h3-10,22H,11-13H2,1-2H3,(H,21,23). The second-order valence-corrected chi connectivity index (χ2v) is 5.98. The Morgan fingerprint density at radius 2 is 1.83 bits per heavy atom. The lowest BCUT2D eigenvalue weighted by Gasteiger charge is -2.08. The molecule has 0 unspecified atom stereocenters. The van der Waals surface area contributed by atoms with Crippen molar-refractivity contribution in [2.75, 3.05) is 13.2 Å². The maximum Gasteiger partial charge on any atom is 0.257 e. The number of ether oxygens (including phenoxy) is 1. The van der Waals surface area contributed by atoms with Crippen LogP contribution in [0.5, 0.6) is 5.75 Å². The first-order valence-corrected chi connectivity index (χ1v) is 8.16. The molecule has 1 heterocycles. The Bertz CT molecular complexity index is 834. The zero-order chi connectivity index (χ0) is 16.9. The van der Waals surface area contributed by atoms with Crippen molar-refractivity contribution in [3.05, 3.63) is 65.4 Å². The number of nitrogens with one attached hydrogen (secondary N) is 2. The molecule has 0 saturated carbocycles. The number of carbonyl (C=O) groups is 1. The zero-order valence-electron chi connectivity index (χ0n) is 14.1. The molecule has 24 heavy (non-hydrogen) atoms. The molecule has 0 aliphatic rings. The number of aromatic amines is 1. The van der Waals surface area contributed by atoms with Gasteiger partial charge in [-0.2, -0.15) is 0 Å². The highest BCUT2D eigenvalue weighted by Crippen LogP contribution is 2.21. The maximum absolute atomic E-state index is 11.9. The smallest absolute Gasteiger partial charge is 0.257 e. The van der Waals surface area contributed by atoms with Crippen LogP contribution in [0.1, 0.15) is 16.8 Å². The van der Waals surface area contributed by atoms with Crippen molar-refractivity contribution in [3.8, 4) is 5.75 Å². The van der Waals surface area contributed by atoms with Gasteiger partial charge in [0, 0.05) is 23.1 Å². The summed E-state index contributed by atoms with van der Waals surface area (Å²) in [6, 6.07) is 15.9. The van der Waals surface area contributed by atoms with Gasteiger partial charge in [0.25, 0.3) is 5.91 Å². The van der Waals surface area contributed by atoms with E-state index in [1.165, 1.54) is 16.5 Å². The molecular formula is C20H22N2O2. The van der Waals surface area contributed by atoms with E-state index in [0.29, 0.717) is 12.3 Å². The van der Waals surface area contributed by atoms with Gasteiger partial charge in [-0.15, -0.1) is 0 Å². The fourth-order valence-electron chi connectivity index (χ4n) is 2.82. The van der Waals surface area contributed by atoms with Crippen LogP contribution in [0.2, 0.25) is 0 Å². The fraction of sp³-hybridized carbons (Fsp3) is 0.250. The van der Waals surface area contributed by atoms with E-state index in [4.69, 9.17) is 4.74 Å². The van der Waals surface area contributed by atoms with Gasteiger partial charge in [0.05, 0.1) is 0 Å². The van der Waals surface area contributed by atoms with Gasteiger partial charge >= 0.3 is 0 Å². The third kappa shape index (κ3) is 3.77. The lowest BCUT2D eigenvalue weighted by molar-refractivity contribution is -0.123. The molecule has 1 aromatic heterocycles. The van der Waals surface area contributed by atoms with Crippen LogP contribution in [0, 0.1) is 13.8 Å². The second-order valence-electron chi connectivity index (χ2n) is 5.98. The van der Waals surface area contributed by atoms with Crippen molar-refractivity contribution < 1.29 is 9.53 Å². The van der Waals surface area contributed by atoms with Gasteiger partial charge in [-0.05, 0) is 44.0 Å². The summed E-state index contributed by atoms with van der Waals surface area (Å²) in [5.41, 5.74) is 4.71. The molecule has 4 nitrogen and oxygen atoms in total. The molecule has 0 fully saturated rings. The van der Waals surface area contributed by atoms with Crippen LogP contribution in [0.15, 0.2) is 48.5 Å².